The van der Waals surface area contributed by atoms with Crippen LogP contribution in [-0.2, 0) is 27.1 Å². The van der Waals surface area contributed by atoms with Crippen LogP contribution in [0.1, 0.15) is 150 Å². The van der Waals surface area contributed by atoms with Crippen molar-refractivity contribution >= 4 is 11.0 Å². The van der Waals surface area contributed by atoms with Gasteiger partial charge in [0.1, 0.15) is 11.6 Å². The van der Waals surface area contributed by atoms with Crippen LogP contribution < -0.4 is 0 Å². The topological polar surface area (TPSA) is 50.9 Å². The second-order valence-corrected chi connectivity index (χ2v) is 22.0. The fourth-order valence-electron chi connectivity index (χ4n) is 8.82. The number of para-hydroxylation sites is 1. The average Bonchev–Trinajstić information content (AvgIpc) is 3.72. The molecule has 0 saturated heterocycles. The van der Waals surface area contributed by atoms with Gasteiger partial charge in [-0.2, -0.15) is 0 Å². The molecule has 0 fully saturated rings. The third-order valence-corrected chi connectivity index (χ3v) is 13.5. The Hall–Kier alpha value is -6.26. The molecule has 344 valence electrons. The molecular weight excluding hydrogens is 815 g/mol. The average molecular weight is 895 g/mol. The molecule has 0 amide bonds. The van der Waals surface area contributed by atoms with Gasteiger partial charge in [0.15, 0.2) is 0 Å². The number of aromatic nitrogens is 3. The highest BCUT2D eigenvalue weighted by Gasteiger charge is 2.30. The molecule has 0 aliphatic carbocycles. The maximum absolute atomic E-state index is 12.6. The molecule has 4 nitrogen and oxygen atoms in total. The fraction of sp³-hybridized carbons (Fsp3) is 0.333. The van der Waals surface area contributed by atoms with Crippen molar-refractivity contribution in [1.82, 2.24) is 14.5 Å². The van der Waals surface area contributed by atoms with Crippen LogP contribution in [0.2, 0.25) is 0 Å². The Morgan fingerprint density at radius 2 is 1.15 bits per heavy atom. The zero-order valence-corrected chi connectivity index (χ0v) is 41.3. The molecular formula is C63H71N3O. The highest BCUT2D eigenvalue weighted by atomic mass is 16.3. The first-order valence-corrected chi connectivity index (χ1v) is 23.4. The van der Waals surface area contributed by atoms with Crippen LogP contribution in [0.5, 0.6) is 5.75 Å². The summed E-state index contributed by atoms with van der Waals surface area (Å²) in [6.07, 6.45) is 2.64. The molecule has 0 saturated carbocycles. The Labute approximate surface area is 413 Å². The largest absolute Gasteiger partial charge is 0.507 e. The van der Waals surface area contributed by atoms with E-state index in [0.717, 1.165) is 67.6 Å². The summed E-state index contributed by atoms with van der Waals surface area (Å²) in [4.78, 5) is 10.5. The predicted molar refractivity (Wildman–Crippen MR) is 286 cm³/mol. The zero-order valence-electron chi connectivity index (χ0n) is 50.3. The van der Waals surface area contributed by atoms with Crippen molar-refractivity contribution in [1.29, 1.82) is 0 Å². The van der Waals surface area contributed by atoms with Crippen molar-refractivity contribution in [2.45, 2.75) is 137 Å². The van der Waals surface area contributed by atoms with Gasteiger partial charge in [-0.15, -0.1) is 0 Å². The van der Waals surface area contributed by atoms with Gasteiger partial charge in [-0.1, -0.05) is 189 Å². The Balaban J connectivity index is 1.38. The second kappa shape index (κ2) is 17.1. The van der Waals surface area contributed by atoms with Gasteiger partial charge >= 0.3 is 0 Å². The molecule has 0 spiro atoms. The number of hydrogen-bond donors (Lipinski definition) is 1. The first-order chi connectivity index (χ1) is 35.1. The van der Waals surface area contributed by atoms with E-state index in [1.165, 1.54) is 17.7 Å². The SMILES string of the molecule is [2H]C([2H])([2H])C(c1ccc(-c2ccnc(-c3cc(-c4cccc5c4nc(-c4cc(C(C)(C)C)cc(C(C)(C)C)c4O)n5-c4ccc(C(C)(C)CC)cc4-c4ccccc4)cc(C(C)(C)C)c3)c2)cc1)(C([2H])([2H])[2H])C([2H])([2H])[2H]. The molecule has 2 heterocycles. The number of benzene rings is 6. The first-order valence-electron chi connectivity index (χ1n) is 27.9. The van der Waals surface area contributed by atoms with Crippen LogP contribution in [-0.4, -0.2) is 19.6 Å². The van der Waals surface area contributed by atoms with E-state index in [1.54, 1.807) is 24.4 Å². The standard InChI is InChI=1S/C63H71N3O/c1-16-63(14,15)46-29-30-54(50(37-46)41-21-18-17-19-22-41)66-55-24-20-23-49(56(55)65-58(66)51-38-48(61(8,9)10)39-52(57(51)67)62(11,12)13)43-33-44(35-47(34-43)60(5,6)7)53-36-42(31-32-64-53)40-25-27-45(28-26-40)59(2,3)4/h17-39,67H,16H2,1-15H3/i2D3,3D3,4D3. The summed E-state index contributed by atoms with van der Waals surface area (Å²) < 4.78 is 76.3. The molecule has 2 aromatic heterocycles. The summed E-state index contributed by atoms with van der Waals surface area (Å²) in [5.74, 6) is 0.796. The molecule has 0 aliphatic rings. The molecule has 67 heavy (non-hydrogen) atoms. The summed E-state index contributed by atoms with van der Waals surface area (Å²) in [6, 6.07) is 43.6. The maximum Gasteiger partial charge on any atom is 0.149 e. The fourth-order valence-corrected chi connectivity index (χ4v) is 8.82. The first kappa shape index (κ1) is 36.8. The molecule has 0 radical (unpaired) electrons. The quantitative estimate of drug-likeness (QED) is 0.165. The molecule has 6 aromatic carbocycles. The second-order valence-electron chi connectivity index (χ2n) is 22.0. The predicted octanol–water partition coefficient (Wildman–Crippen LogP) is 17.3. The maximum atomic E-state index is 12.6. The van der Waals surface area contributed by atoms with Crippen molar-refractivity contribution in [2.24, 2.45) is 0 Å². The van der Waals surface area contributed by atoms with Crippen LogP contribution in [0.3, 0.4) is 0 Å². The lowest BCUT2D eigenvalue weighted by atomic mass is 9.78. The lowest BCUT2D eigenvalue weighted by Gasteiger charge is -2.28. The Kier molecular flexibility index (Phi) is 9.40. The van der Waals surface area contributed by atoms with Gasteiger partial charge in [-0.3, -0.25) is 9.55 Å². The van der Waals surface area contributed by atoms with Crippen LogP contribution in [0.4, 0.5) is 0 Å². The van der Waals surface area contributed by atoms with Crippen LogP contribution in [0.15, 0.2) is 140 Å². The van der Waals surface area contributed by atoms with Crippen molar-refractivity contribution in [2.75, 3.05) is 0 Å². The van der Waals surface area contributed by atoms with Gasteiger partial charge < -0.3 is 5.11 Å². The molecule has 0 unspecified atom stereocenters. The zero-order chi connectivity index (χ0) is 55.9. The number of fused-ring (bicyclic) bond motifs is 1. The highest BCUT2D eigenvalue weighted by Crippen LogP contribution is 2.46. The highest BCUT2D eigenvalue weighted by molar-refractivity contribution is 5.98. The van der Waals surface area contributed by atoms with E-state index in [2.05, 4.69) is 179 Å². The van der Waals surface area contributed by atoms with Gasteiger partial charge in [0.05, 0.1) is 28.0 Å². The summed E-state index contributed by atoms with van der Waals surface area (Å²) in [5.41, 5.74) is 9.56. The van der Waals surface area contributed by atoms with Crippen molar-refractivity contribution in [3.05, 3.63) is 167 Å². The molecule has 1 N–H and O–H groups in total. The van der Waals surface area contributed by atoms with E-state index in [4.69, 9.17) is 22.3 Å². The van der Waals surface area contributed by atoms with E-state index < -0.39 is 31.4 Å². The Bertz CT molecular complexity index is 3420. The number of hydrogen-bond acceptors (Lipinski definition) is 3. The number of pyridine rings is 1. The Morgan fingerprint density at radius 1 is 0.507 bits per heavy atom. The normalized spacial score (nSPS) is 15.4. The van der Waals surface area contributed by atoms with Gasteiger partial charge in [0.2, 0.25) is 0 Å². The number of phenols is 1. The van der Waals surface area contributed by atoms with Crippen molar-refractivity contribution in [3.8, 4) is 67.5 Å². The summed E-state index contributed by atoms with van der Waals surface area (Å²) in [7, 11) is 0. The van der Waals surface area contributed by atoms with Crippen LogP contribution in [0, 0.1) is 0 Å². The molecule has 0 aliphatic heterocycles. The number of rotatable bonds is 8. The summed E-state index contributed by atoms with van der Waals surface area (Å²) in [6.45, 7) is 16.1. The molecule has 0 bridgehead atoms. The van der Waals surface area contributed by atoms with E-state index >= 15 is 0 Å². The van der Waals surface area contributed by atoms with Crippen molar-refractivity contribution < 1.29 is 17.4 Å². The van der Waals surface area contributed by atoms with E-state index in [1.807, 2.05) is 12.1 Å². The number of aromatic hydroxyl groups is 1. The van der Waals surface area contributed by atoms with E-state index in [-0.39, 0.29) is 27.6 Å². The minimum absolute atomic E-state index is 0.0954. The van der Waals surface area contributed by atoms with Gasteiger partial charge in [-0.05, 0) is 127 Å². The van der Waals surface area contributed by atoms with E-state index in [0.29, 0.717) is 28.2 Å². The lowest BCUT2D eigenvalue weighted by Crippen LogP contribution is -2.17. The number of phenolic OH excluding ortho intramolecular Hbond substituents is 1. The lowest BCUT2D eigenvalue weighted by molar-refractivity contribution is 0.446. The molecule has 8 rings (SSSR count). The third kappa shape index (κ3) is 9.38. The summed E-state index contributed by atoms with van der Waals surface area (Å²) in [5, 5.41) is 12.6. The van der Waals surface area contributed by atoms with Gasteiger partial charge in [0.25, 0.3) is 0 Å². The van der Waals surface area contributed by atoms with Gasteiger partial charge in [-0.25, -0.2) is 4.98 Å². The Morgan fingerprint density at radius 3 is 1.79 bits per heavy atom. The molecule has 4 heteroatoms. The summed E-state index contributed by atoms with van der Waals surface area (Å²) >= 11 is 0. The molecule has 0 atom stereocenters. The van der Waals surface area contributed by atoms with Gasteiger partial charge in [0, 0.05) is 40.8 Å². The number of nitrogens with zero attached hydrogens (tertiary/aromatic N) is 3. The van der Waals surface area contributed by atoms with Crippen molar-refractivity contribution in [3.63, 3.8) is 0 Å². The van der Waals surface area contributed by atoms with Crippen LogP contribution in [0.25, 0.3) is 72.7 Å². The van der Waals surface area contributed by atoms with Crippen LogP contribution >= 0.6 is 0 Å². The van der Waals surface area contributed by atoms with E-state index in [9.17, 15) is 5.11 Å². The molecule has 8 aromatic rings. The third-order valence-electron chi connectivity index (χ3n) is 13.5. The minimum atomic E-state index is -3.37. The smallest absolute Gasteiger partial charge is 0.149 e. The minimum Gasteiger partial charge on any atom is -0.507 e. The number of imidazole rings is 1. The monoisotopic (exact) mass is 895 g/mol.